The van der Waals surface area contributed by atoms with E-state index >= 15 is 0 Å². The first kappa shape index (κ1) is 13.7. The maximum Gasteiger partial charge on any atom is 0.258 e. The van der Waals surface area contributed by atoms with Gasteiger partial charge in [-0.2, -0.15) is 5.10 Å². The molecule has 0 radical (unpaired) electrons. The number of sulfonamides is 1. The van der Waals surface area contributed by atoms with E-state index in [9.17, 15) is 8.42 Å². The third-order valence-electron chi connectivity index (χ3n) is 2.71. The highest BCUT2D eigenvalue weighted by Gasteiger charge is 2.20. The zero-order chi connectivity index (χ0) is 13.9. The van der Waals surface area contributed by atoms with Crippen LogP contribution in [-0.4, -0.2) is 23.6 Å². The van der Waals surface area contributed by atoms with Gasteiger partial charge >= 0.3 is 0 Å². The van der Waals surface area contributed by atoms with Crippen molar-refractivity contribution in [3.05, 3.63) is 41.3 Å². The van der Waals surface area contributed by atoms with Gasteiger partial charge in [-0.25, -0.2) is 13.1 Å². The second kappa shape index (κ2) is 5.47. The quantitative estimate of drug-likeness (QED) is 0.716. The van der Waals surface area contributed by atoms with E-state index in [0.717, 1.165) is 5.56 Å². The first-order chi connectivity index (χ1) is 9.04. The Morgan fingerprint density at radius 2 is 2.26 bits per heavy atom. The third kappa shape index (κ3) is 2.98. The van der Waals surface area contributed by atoms with Crippen LogP contribution in [0.2, 0.25) is 0 Å². The number of nitrogens with two attached hydrogens (primary N) is 1. The SMILES string of the molecule is Cc1cccnc1CNS(=O)(=O)c1[nH]ncc1CN. The van der Waals surface area contributed by atoms with Crippen molar-refractivity contribution < 1.29 is 8.42 Å². The molecule has 7 nitrogen and oxygen atoms in total. The second-order valence-electron chi connectivity index (χ2n) is 4.02. The van der Waals surface area contributed by atoms with E-state index in [1.54, 1.807) is 12.3 Å². The Labute approximate surface area is 111 Å². The van der Waals surface area contributed by atoms with Gasteiger partial charge in [-0.3, -0.25) is 10.1 Å². The van der Waals surface area contributed by atoms with Gasteiger partial charge < -0.3 is 5.73 Å². The lowest BCUT2D eigenvalue weighted by Gasteiger charge is -2.07. The molecule has 0 atom stereocenters. The van der Waals surface area contributed by atoms with Gasteiger partial charge in [-0.1, -0.05) is 6.07 Å². The van der Waals surface area contributed by atoms with E-state index in [2.05, 4.69) is 19.9 Å². The van der Waals surface area contributed by atoms with Crippen molar-refractivity contribution in [2.45, 2.75) is 25.0 Å². The van der Waals surface area contributed by atoms with Crippen LogP contribution in [0.5, 0.6) is 0 Å². The first-order valence-corrected chi connectivity index (χ1v) is 7.15. The lowest BCUT2D eigenvalue weighted by molar-refractivity contribution is 0.574. The Hall–Kier alpha value is -1.77. The molecule has 0 aliphatic heterocycles. The molecule has 0 amide bonds. The molecule has 0 aliphatic carbocycles. The fraction of sp³-hybridized carbons (Fsp3) is 0.273. The number of aromatic nitrogens is 3. The molecule has 0 fully saturated rings. The van der Waals surface area contributed by atoms with E-state index in [-0.39, 0.29) is 18.1 Å². The number of hydrogen-bond donors (Lipinski definition) is 3. The predicted octanol–water partition coefficient (Wildman–Crippen LogP) is 0.0503. The summed E-state index contributed by atoms with van der Waals surface area (Å²) in [4.78, 5) is 4.13. The number of hydrogen-bond acceptors (Lipinski definition) is 5. The predicted molar refractivity (Wildman–Crippen MR) is 69.5 cm³/mol. The molecule has 0 bridgehead atoms. The molecule has 0 saturated heterocycles. The maximum atomic E-state index is 12.1. The van der Waals surface area contributed by atoms with Gasteiger partial charge in [0.25, 0.3) is 10.0 Å². The molecule has 2 rings (SSSR count). The number of nitrogens with zero attached hydrogens (tertiary/aromatic N) is 2. The molecular formula is C11H15N5O2S. The zero-order valence-corrected chi connectivity index (χ0v) is 11.2. The van der Waals surface area contributed by atoms with Crippen LogP contribution in [0.4, 0.5) is 0 Å². The summed E-state index contributed by atoms with van der Waals surface area (Å²) in [5.74, 6) is 0. The minimum absolute atomic E-state index is 0.00332. The zero-order valence-electron chi connectivity index (χ0n) is 10.4. The molecule has 2 aromatic rings. The first-order valence-electron chi connectivity index (χ1n) is 5.67. The van der Waals surface area contributed by atoms with E-state index in [4.69, 9.17) is 5.73 Å². The Morgan fingerprint density at radius 3 is 2.95 bits per heavy atom. The van der Waals surface area contributed by atoms with Crippen LogP contribution in [0.1, 0.15) is 16.8 Å². The molecule has 2 aromatic heterocycles. The third-order valence-corrected chi connectivity index (χ3v) is 4.13. The Kier molecular flexibility index (Phi) is 3.93. The number of pyridine rings is 1. The fourth-order valence-corrected chi connectivity index (χ4v) is 2.74. The van der Waals surface area contributed by atoms with Crippen LogP contribution in [0.25, 0.3) is 0 Å². The van der Waals surface area contributed by atoms with Crippen molar-refractivity contribution in [1.29, 1.82) is 0 Å². The lowest BCUT2D eigenvalue weighted by atomic mass is 10.2. The molecular weight excluding hydrogens is 266 g/mol. The number of nitrogens with one attached hydrogen (secondary N) is 2. The number of rotatable bonds is 5. The van der Waals surface area contributed by atoms with Crippen LogP contribution in [0, 0.1) is 6.92 Å². The number of aryl methyl sites for hydroxylation is 1. The Bertz CT molecular complexity index is 665. The van der Waals surface area contributed by atoms with Gasteiger partial charge in [-0.15, -0.1) is 0 Å². The smallest absolute Gasteiger partial charge is 0.258 e. The van der Waals surface area contributed by atoms with Gasteiger partial charge in [0, 0.05) is 18.3 Å². The minimum Gasteiger partial charge on any atom is -0.326 e. The van der Waals surface area contributed by atoms with E-state index in [0.29, 0.717) is 11.3 Å². The van der Waals surface area contributed by atoms with Crippen molar-refractivity contribution in [2.24, 2.45) is 5.73 Å². The summed E-state index contributed by atoms with van der Waals surface area (Å²) in [6, 6.07) is 3.67. The van der Waals surface area contributed by atoms with Gasteiger partial charge in [-0.05, 0) is 18.6 Å². The standard InChI is InChI=1S/C11H15N5O2S/c1-8-3-2-4-13-10(8)7-15-19(17,18)11-9(5-12)6-14-16-11/h2-4,6,15H,5,7,12H2,1H3,(H,14,16). The molecule has 0 spiro atoms. The van der Waals surface area contributed by atoms with Crippen LogP contribution >= 0.6 is 0 Å². The molecule has 0 saturated carbocycles. The number of aromatic amines is 1. The molecule has 8 heteroatoms. The molecule has 19 heavy (non-hydrogen) atoms. The van der Waals surface area contributed by atoms with Gasteiger partial charge in [0.15, 0.2) is 5.03 Å². The molecule has 102 valence electrons. The van der Waals surface area contributed by atoms with Gasteiger partial charge in [0.1, 0.15) is 0 Å². The van der Waals surface area contributed by atoms with Crippen molar-refractivity contribution in [2.75, 3.05) is 0 Å². The van der Waals surface area contributed by atoms with Gasteiger partial charge in [0.05, 0.1) is 18.4 Å². The van der Waals surface area contributed by atoms with Crippen molar-refractivity contribution in [3.8, 4) is 0 Å². The molecule has 0 unspecified atom stereocenters. The molecule has 0 aromatic carbocycles. The van der Waals surface area contributed by atoms with Crippen molar-refractivity contribution >= 4 is 10.0 Å². The van der Waals surface area contributed by atoms with Crippen molar-refractivity contribution in [3.63, 3.8) is 0 Å². The lowest BCUT2D eigenvalue weighted by Crippen LogP contribution is -2.25. The topological polar surface area (TPSA) is 114 Å². The average molecular weight is 281 g/mol. The van der Waals surface area contributed by atoms with E-state index in [1.807, 2.05) is 13.0 Å². The highest BCUT2D eigenvalue weighted by atomic mass is 32.2. The summed E-state index contributed by atoms with van der Waals surface area (Å²) in [5, 5.41) is 6.14. The van der Waals surface area contributed by atoms with E-state index < -0.39 is 10.0 Å². The average Bonchev–Trinajstić information content (AvgIpc) is 2.87. The van der Waals surface area contributed by atoms with Crippen LogP contribution in [-0.2, 0) is 23.1 Å². The summed E-state index contributed by atoms with van der Waals surface area (Å²) in [6.07, 6.45) is 3.03. The summed E-state index contributed by atoms with van der Waals surface area (Å²) < 4.78 is 26.7. The fourth-order valence-electron chi connectivity index (χ4n) is 1.62. The van der Waals surface area contributed by atoms with Crippen LogP contribution < -0.4 is 10.5 Å². The summed E-state index contributed by atoms with van der Waals surface area (Å²) in [7, 11) is -3.66. The highest BCUT2D eigenvalue weighted by molar-refractivity contribution is 7.89. The van der Waals surface area contributed by atoms with Crippen molar-refractivity contribution in [1.82, 2.24) is 19.9 Å². The molecule has 4 N–H and O–H groups in total. The monoisotopic (exact) mass is 281 g/mol. The summed E-state index contributed by atoms with van der Waals surface area (Å²) in [5.41, 5.74) is 7.51. The molecule has 0 aliphatic rings. The summed E-state index contributed by atoms with van der Waals surface area (Å²) in [6.45, 7) is 2.10. The Balaban J connectivity index is 2.17. The van der Waals surface area contributed by atoms with Crippen LogP contribution in [0.3, 0.4) is 0 Å². The van der Waals surface area contributed by atoms with E-state index in [1.165, 1.54) is 6.20 Å². The van der Waals surface area contributed by atoms with Crippen LogP contribution in [0.15, 0.2) is 29.6 Å². The van der Waals surface area contributed by atoms with Gasteiger partial charge in [0.2, 0.25) is 0 Å². The highest BCUT2D eigenvalue weighted by Crippen LogP contribution is 2.12. The number of H-pyrrole nitrogens is 1. The Morgan fingerprint density at radius 1 is 1.47 bits per heavy atom. The summed E-state index contributed by atoms with van der Waals surface area (Å²) >= 11 is 0. The largest absolute Gasteiger partial charge is 0.326 e. The normalized spacial score (nSPS) is 11.7. The second-order valence-corrected chi connectivity index (χ2v) is 5.72. The minimum atomic E-state index is -3.66. The molecule has 2 heterocycles. The maximum absolute atomic E-state index is 12.1.